The Balaban J connectivity index is 1.68. The summed E-state index contributed by atoms with van der Waals surface area (Å²) in [4.78, 5) is 14.2. The minimum atomic E-state index is 0.193. The molecule has 0 radical (unpaired) electrons. The number of nitrogens with one attached hydrogen (secondary N) is 1. The molecule has 1 saturated carbocycles. The van der Waals surface area contributed by atoms with Crippen molar-refractivity contribution in [3.8, 4) is 0 Å². The number of carbonyl (C=O) groups is 1. The Morgan fingerprint density at radius 3 is 2.56 bits per heavy atom. The lowest BCUT2D eigenvalue weighted by Gasteiger charge is -2.19. The molecule has 1 aliphatic carbocycles. The standard InChI is InChI=1S/C14H26N2O2/c1-18-13-8-9-16(10-13)11-14(17)15-12-6-4-2-3-5-7-12/h12-13H,2-11H2,1H3,(H,15,17). The Bertz CT molecular complexity index is 263. The molecule has 0 aromatic heterocycles. The smallest absolute Gasteiger partial charge is 0.234 e. The van der Waals surface area contributed by atoms with Gasteiger partial charge in [-0.15, -0.1) is 0 Å². The minimum absolute atomic E-state index is 0.193. The number of rotatable bonds is 4. The predicted octanol–water partition coefficient (Wildman–Crippen LogP) is 1.55. The maximum atomic E-state index is 12.0. The van der Waals surface area contributed by atoms with Gasteiger partial charge in [-0.25, -0.2) is 0 Å². The molecule has 1 saturated heterocycles. The molecule has 2 rings (SSSR count). The van der Waals surface area contributed by atoms with Gasteiger partial charge in [0.1, 0.15) is 0 Å². The summed E-state index contributed by atoms with van der Waals surface area (Å²) in [5, 5.41) is 3.20. The van der Waals surface area contributed by atoms with Gasteiger partial charge in [0.05, 0.1) is 12.6 Å². The number of ether oxygens (including phenoxy) is 1. The van der Waals surface area contributed by atoms with Gasteiger partial charge in [-0.3, -0.25) is 9.69 Å². The Labute approximate surface area is 110 Å². The largest absolute Gasteiger partial charge is 0.380 e. The lowest BCUT2D eigenvalue weighted by molar-refractivity contribution is -0.122. The van der Waals surface area contributed by atoms with Gasteiger partial charge in [0.15, 0.2) is 0 Å². The number of likely N-dealkylation sites (tertiary alicyclic amines) is 1. The Kier molecular flexibility index (Phi) is 5.45. The average molecular weight is 254 g/mol. The van der Waals surface area contributed by atoms with Crippen LogP contribution in [0.4, 0.5) is 0 Å². The van der Waals surface area contributed by atoms with Crippen molar-refractivity contribution in [2.24, 2.45) is 0 Å². The second kappa shape index (κ2) is 7.10. The van der Waals surface area contributed by atoms with E-state index in [2.05, 4.69) is 10.2 Å². The molecule has 1 unspecified atom stereocenters. The van der Waals surface area contributed by atoms with Gasteiger partial charge in [-0.1, -0.05) is 25.7 Å². The SMILES string of the molecule is COC1CCN(CC(=O)NC2CCCCCC2)C1. The fourth-order valence-corrected chi connectivity index (χ4v) is 3.03. The summed E-state index contributed by atoms with van der Waals surface area (Å²) in [5.41, 5.74) is 0. The summed E-state index contributed by atoms with van der Waals surface area (Å²) >= 11 is 0. The van der Waals surface area contributed by atoms with Crippen molar-refractivity contribution in [1.29, 1.82) is 0 Å². The third-order valence-corrected chi connectivity index (χ3v) is 4.15. The second-order valence-corrected chi connectivity index (χ2v) is 5.64. The van der Waals surface area contributed by atoms with Crippen LogP contribution in [0.1, 0.15) is 44.9 Å². The highest BCUT2D eigenvalue weighted by molar-refractivity contribution is 5.78. The van der Waals surface area contributed by atoms with Crippen molar-refractivity contribution in [2.75, 3.05) is 26.7 Å². The Morgan fingerprint density at radius 1 is 1.22 bits per heavy atom. The van der Waals surface area contributed by atoms with Gasteiger partial charge in [-0.05, 0) is 19.3 Å². The number of hydrogen-bond acceptors (Lipinski definition) is 3. The molecule has 1 amide bonds. The zero-order valence-corrected chi connectivity index (χ0v) is 11.5. The normalized spacial score (nSPS) is 27.1. The van der Waals surface area contributed by atoms with Crippen LogP contribution in [-0.2, 0) is 9.53 Å². The topological polar surface area (TPSA) is 41.6 Å². The van der Waals surface area contributed by atoms with E-state index in [1.54, 1.807) is 7.11 Å². The first-order valence-electron chi connectivity index (χ1n) is 7.32. The monoisotopic (exact) mass is 254 g/mol. The highest BCUT2D eigenvalue weighted by atomic mass is 16.5. The summed E-state index contributed by atoms with van der Waals surface area (Å²) in [7, 11) is 1.75. The van der Waals surface area contributed by atoms with Crippen molar-refractivity contribution >= 4 is 5.91 Å². The van der Waals surface area contributed by atoms with Gasteiger partial charge in [0.2, 0.25) is 5.91 Å². The van der Waals surface area contributed by atoms with E-state index in [9.17, 15) is 4.79 Å². The van der Waals surface area contributed by atoms with Crippen molar-refractivity contribution in [1.82, 2.24) is 10.2 Å². The lowest BCUT2D eigenvalue weighted by atomic mass is 10.1. The molecule has 2 aliphatic rings. The molecule has 2 fully saturated rings. The van der Waals surface area contributed by atoms with E-state index in [0.717, 1.165) is 32.4 Å². The molecule has 18 heavy (non-hydrogen) atoms. The van der Waals surface area contributed by atoms with Crippen molar-refractivity contribution in [3.63, 3.8) is 0 Å². The molecule has 4 nitrogen and oxygen atoms in total. The van der Waals surface area contributed by atoms with Gasteiger partial charge >= 0.3 is 0 Å². The van der Waals surface area contributed by atoms with Crippen LogP contribution < -0.4 is 5.32 Å². The van der Waals surface area contributed by atoms with Crippen LogP contribution in [0.2, 0.25) is 0 Å². The van der Waals surface area contributed by atoms with Crippen LogP contribution in [-0.4, -0.2) is 49.7 Å². The molecule has 0 spiro atoms. The summed E-state index contributed by atoms with van der Waals surface area (Å²) in [6.45, 7) is 2.42. The second-order valence-electron chi connectivity index (χ2n) is 5.64. The minimum Gasteiger partial charge on any atom is -0.380 e. The summed E-state index contributed by atoms with van der Waals surface area (Å²) in [6.07, 6.45) is 8.87. The molecular weight excluding hydrogens is 228 g/mol. The fraction of sp³-hybridized carbons (Fsp3) is 0.929. The van der Waals surface area contributed by atoms with Crippen LogP contribution in [0.15, 0.2) is 0 Å². The molecule has 0 aromatic carbocycles. The van der Waals surface area contributed by atoms with E-state index in [1.165, 1.54) is 25.7 Å². The fourth-order valence-electron chi connectivity index (χ4n) is 3.03. The molecule has 1 atom stereocenters. The van der Waals surface area contributed by atoms with Crippen molar-refractivity contribution in [2.45, 2.75) is 57.1 Å². The molecule has 1 heterocycles. The Hall–Kier alpha value is -0.610. The molecule has 1 N–H and O–H groups in total. The maximum absolute atomic E-state index is 12.0. The number of nitrogens with zero attached hydrogens (tertiary/aromatic N) is 1. The first-order valence-corrected chi connectivity index (χ1v) is 7.32. The quantitative estimate of drug-likeness (QED) is 0.774. The first kappa shape index (κ1) is 13.8. The number of methoxy groups -OCH3 is 1. The van der Waals surface area contributed by atoms with E-state index >= 15 is 0 Å². The molecule has 4 heteroatoms. The van der Waals surface area contributed by atoms with Gasteiger partial charge < -0.3 is 10.1 Å². The van der Waals surface area contributed by atoms with Crippen molar-refractivity contribution in [3.05, 3.63) is 0 Å². The third-order valence-electron chi connectivity index (χ3n) is 4.15. The molecular formula is C14H26N2O2. The summed E-state index contributed by atoms with van der Waals surface area (Å²) in [5.74, 6) is 0.193. The third kappa shape index (κ3) is 4.25. The zero-order chi connectivity index (χ0) is 12.8. The van der Waals surface area contributed by atoms with Crippen LogP contribution >= 0.6 is 0 Å². The van der Waals surface area contributed by atoms with Crippen LogP contribution in [0, 0.1) is 0 Å². The van der Waals surface area contributed by atoms with E-state index in [4.69, 9.17) is 4.74 Å². The highest BCUT2D eigenvalue weighted by Crippen LogP contribution is 2.17. The van der Waals surface area contributed by atoms with Crippen molar-refractivity contribution < 1.29 is 9.53 Å². The van der Waals surface area contributed by atoms with Crippen LogP contribution in [0.25, 0.3) is 0 Å². The molecule has 1 aliphatic heterocycles. The lowest BCUT2D eigenvalue weighted by Crippen LogP contribution is -2.41. The van der Waals surface area contributed by atoms with Crippen LogP contribution in [0.3, 0.4) is 0 Å². The van der Waals surface area contributed by atoms with Crippen LogP contribution in [0.5, 0.6) is 0 Å². The maximum Gasteiger partial charge on any atom is 0.234 e. The number of carbonyl (C=O) groups excluding carboxylic acids is 1. The molecule has 104 valence electrons. The highest BCUT2D eigenvalue weighted by Gasteiger charge is 2.24. The Morgan fingerprint density at radius 2 is 1.94 bits per heavy atom. The zero-order valence-electron chi connectivity index (χ0n) is 11.5. The summed E-state index contributed by atoms with van der Waals surface area (Å²) < 4.78 is 5.32. The van der Waals surface area contributed by atoms with E-state index < -0.39 is 0 Å². The van der Waals surface area contributed by atoms with Gasteiger partial charge in [0, 0.05) is 26.2 Å². The average Bonchev–Trinajstić information content (AvgIpc) is 2.65. The number of amides is 1. The predicted molar refractivity (Wildman–Crippen MR) is 71.5 cm³/mol. The molecule has 0 aromatic rings. The van der Waals surface area contributed by atoms with E-state index in [-0.39, 0.29) is 5.91 Å². The molecule has 0 bridgehead atoms. The van der Waals surface area contributed by atoms with E-state index in [0.29, 0.717) is 18.7 Å². The first-order chi connectivity index (χ1) is 8.78. The van der Waals surface area contributed by atoms with Gasteiger partial charge in [0.25, 0.3) is 0 Å². The van der Waals surface area contributed by atoms with E-state index in [1.807, 2.05) is 0 Å². The van der Waals surface area contributed by atoms with Gasteiger partial charge in [-0.2, -0.15) is 0 Å². The summed E-state index contributed by atoms with van der Waals surface area (Å²) in [6, 6.07) is 0.417. The number of hydrogen-bond donors (Lipinski definition) is 1.